The van der Waals surface area contributed by atoms with Crippen LogP contribution in [0.1, 0.15) is 75.9 Å². The first-order chi connectivity index (χ1) is 22.8. The third-order valence-electron chi connectivity index (χ3n) is 8.05. The van der Waals surface area contributed by atoms with Crippen LogP contribution in [0.3, 0.4) is 0 Å². The number of amides is 2. The third-order valence-corrected chi connectivity index (χ3v) is 8.05. The maximum Gasteiger partial charge on any atom is 0.325 e. The van der Waals surface area contributed by atoms with Crippen LogP contribution in [0.25, 0.3) is 22.5 Å². The molecule has 1 heterocycles. The van der Waals surface area contributed by atoms with Crippen molar-refractivity contribution < 1.29 is 24.2 Å². The van der Waals surface area contributed by atoms with Crippen molar-refractivity contribution in [2.24, 2.45) is 5.92 Å². The van der Waals surface area contributed by atoms with Crippen molar-refractivity contribution in [3.63, 3.8) is 0 Å². The third kappa shape index (κ3) is 10.2. The zero-order chi connectivity index (χ0) is 34.8. The topological polar surface area (TPSA) is 131 Å². The molecule has 2 amide bonds. The van der Waals surface area contributed by atoms with Crippen molar-refractivity contribution in [3.05, 3.63) is 102 Å². The maximum atomic E-state index is 13.2. The molecule has 9 nitrogen and oxygen atoms in total. The molecule has 0 radical (unpaired) electrons. The summed E-state index contributed by atoms with van der Waals surface area (Å²) in [5.74, 6) is -0.121. The summed E-state index contributed by atoms with van der Waals surface area (Å²) in [5, 5.41) is 14.6. The summed E-state index contributed by atoms with van der Waals surface area (Å²) in [7, 11) is 0. The van der Waals surface area contributed by atoms with E-state index in [1.54, 1.807) is 24.5 Å². The van der Waals surface area contributed by atoms with Gasteiger partial charge in [0.15, 0.2) is 5.82 Å². The van der Waals surface area contributed by atoms with Crippen LogP contribution in [0, 0.1) is 5.92 Å². The maximum absolute atomic E-state index is 13.2. The molecule has 252 valence electrons. The highest BCUT2D eigenvalue weighted by Gasteiger charge is 2.25. The number of aliphatic carboxylic acids is 1. The molecule has 3 aromatic carbocycles. The molecule has 0 saturated carbocycles. The van der Waals surface area contributed by atoms with Gasteiger partial charge in [0.05, 0.1) is 6.61 Å². The molecule has 9 heteroatoms. The summed E-state index contributed by atoms with van der Waals surface area (Å²) in [6.07, 6.45) is 5.88. The van der Waals surface area contributed by atoms with Crippen molar-refractivity contribution in [3.8, 4) is 28.3 Å². The quantitative estimate of drug-likeness (QED) is 0.127. The van der Waals surface area contributed by atoms with Crippen molar-refractivity contribution in [2.75, 3.05) is 6.61 Å². The number of carbonyl (C=O) groups is 3. The predicted molar refractivity (Wildman–Crippen MR) is 188 cm³/mol. The number of carboxylic acid groups (broad SMARTS) is 1. The molecule has 0 aliphatic heterocycles. The summed E-state index contributed by atoms with van der Waals surface area (Å²) in [6, 6.07) is 20.4. The fourth-order valence-corrected chi connectivity index (χ4v) is 5.03. The second kappa shape index (κ2) is 16.2. The highest BCUT2D eigenvalue weighted by Crippen LogP contribution is 2.24. The lowest BCUT2D eigenvalue weighted by atomic mass is 9.86. The molecule has 0 aliphatic carbocycles. The van der Waals surface area contributed by atoms with E-state index in [1.807, 2.05) is 60.7 Å². The Kier molecular flexibility index (Phi) is 12.1. The number of hydrogen-bond donors (Lipinski definition) is 3. The Bertz CT molecular complexity index is 1660. The van der Waals surface area contributed by atoms with Crippen LogP contribution in [0.4, 0.5) is 0 Å². The van der Waals surface area contributed by atoms with E-state index in [4.69, 9.17) is 4.74 Å². The van der Waals surface area contributed by atoms with Crippen molar-refractivity contribution in [1.29, 1.82) is 0 Å². The molecular weight excluding hydrogens is 604 g/mol. The van der Waals surface area contributed by atoms with Gasteiger partial charge >= 0.3 is 5.97 Å². The average Bonchev–Trinajstić information content (AvgIpc) is 3.06. The summed E-state index contributed by atoms with van der Waals surface area (Å²) >= 11 is 0. The van der Waals surface area contributed by atoms with Gasteiger partial charge in [-0.1, -0.05) is 83.1 Å². The minimum Gasteiger partial charge on any atom is -0.494 e. The SMILES string of the molecule is CC(C)CCCOc1ccc(-c2cnc(-c3ccc(C[C@H](NC(=O)c4ccc(C(C)(C)C)cc4)C(=O)N[C@H](C)C(=O)O)cc3)nc2)cc1. The molecule has 0 spiro atoms. The number of carboxylic acids is 1. The Labute approximate surface area is 283 Å². The predicted octanol–water partition coefficient (Wildman–Crippen LogP) is 6.85. The first-order valence-corrected chi connectivity index (χ1v) is 16.4. The van der Waals surface area contributed by atoms with Crippen LogP contribution in [-0.4, -0.2) is 51.5 Å². The van der Waals surface area contributed by atoms with Gasteiger partial charge in [0.25, 0.3) is 5.91 Å². The van der Waals surface area contributed by atoms with Gasteiger partial charge in [-0.25, -0.2) is 9.97 Å². The standard InChI is InChI=1S/C39H46N4O5/c1-25(2)8-7-21-48-33-19-15-28(16-20-33)31-23-40-35(41-24-31)29-11-9-27(10-12-29)22-34(37(45)42-26(3)38(46)47)43-36(44)30-13-17-32(18-14-30)39(4,5)6/h9-20,23-26,34H,7-8,21-22H2,1-6H3,(H,42,45)(H,43,44)(H,46,47)/t26-,34+/m1/s1. The fourth-order valence-electron chi connectivity index (χ4n) is 5.03. The zero-order valence-electron chi connectivity index (χ0n) is 28.6. The Hall–Kier alpha value is -5.05. The average molecular weight is 651 g/mol. The van der Waals surface area contributed by atoms with E-state index in [1.165, 1.54) is 6.92 Å². The molecule has 0 aliphatic rings. The lowest BCUT2D eigenvalue weighted by molar-refractivity contribution is -0.141. The number of nitrogens with zero attached hydrogens (tertiary/aromatic N) is 2. The van der Waals surface area contributed by atoms with Gasteiger partial charge < -0.3 is 20.5 Å². The fraction of sp³-hybridized carbons (Fsp3) is 0.359. The van der Waals surface area contributed by atoms with Gasteiger partial charge in [-0.2, -0.15) is 0 Å². The van der Waals surface area contributed by atoms with Crippen LogP contribution < -0.4 is 15.4 Å². The van der Waals surface area contributed by atoms with E-state index in [2.05, 4.69) is 55.2 Å². The Morgan fingerprint density at radius 2 is 1.40 bits per heavy atom. The smallest absolute Gasteiger partial charge is 0.325 e. The molecule has 48 heavy (non-hydrogen) atoms. The number of rotatable bonds is 14. The van der Waals surface area contributed by atoms with Crippen LogP contribution in [0.15, 0.2) is 85.2 Å². The van der Waals surface area contributed by atoms with Gasteiger partial charge in [0.1, 0.15) is 17.8 Å². The number of ether oxygens (including phenoxy) is 1. The van der Waals surface area contributed by atoms with E-state index in [0.717, 1.165) is 46.4 Å². The first-order valence-electron chi connectivity index (χ1n) is 16.4. The molecule has 0 saturated heterocycles. The summed E-state index contributed by atoms with van der Waals surface area (Å²) < 4.78 is 5.85. The zero-order valence-corrected chi connectivity index (χ0v) is 28.6. The van der Waals surface area contributed by atoms with Crippen LogP contribution in [0.5, 0.6) is 5.75 Å². The van der Waals surface area contributed by atoms with E-state index in [0.29, 0.717) is 23.9 Å². The molecule has 4 aromatic rings. The van der Waals surface area contributed by atoms with Crippen molar-refractivity contribution >= 4 is 17.8 Å². The molecule has 3 N–H and O–H groups in total. The largest absolute Gasteiger partial charge is 0.494 e. The molecule has 0 fully saturated rings. The van der Waals surface area contributed by atoms with E-state index in [-0.39, 0.29) is 11.8 Å². The Morgan fingerprint density at radius 1 is 0.792 bits per heavy atom. The van der Waals surface area contributed by atoms with E-state index < -0.39 is 29.9 Å². The second-order valence-corrected chi connectivity index (χ2v) is 13.5. The number of hydrogen-bond acceptors (Lipinski definition) is 6. The van der Waals surface area contributed by atoms with Crippen molar-refractivity contribution in [2.45, 2.75) is 78.3 Å². The Morgan fingerprint density at radius 3 is 1.96 bits per heavy atom. The molecule has 4 rings (SSSR count). The summed E-state index contributed by atoms with van der Waals surface area (Å²) in [4.78, 5) is 46.8. The van der Waals surface area contributed by atoms with Gasteiger partial charge in [0, 0.05) is 35.5 Å². The lowest BCUT2D eigenvalue weighted by Gasteiger charge is -2.21. The second-order valence-electron chi connectivity index (χ2n) is 13.5. The minimum atomic E-state index is -1.17. The highest BCUT2D eigenvalue weighted by molar-refractivity contribution is 5.98. The number of carbonyl (C=O) groups excluding carboxylic acids is 2. The number of aromatic nitrogens is 2. The first kappa shape index (κ1) is 35.8. The lowest BCUT2D eigenvalue weighted by Crippen LogP contribution is -2.51. The molecule has 0 bridgehead atoms. The van der Waals surface area contributed by atoms with Crippen LogP contribution in [-0.2, 0) is 21.4 Å². The van der Waals surface area contributed by atoms with Crippen LogP contribution >= 0.6 is 0 Å². The molecule has 2 atom stereocenters. The van der Waals surface area contributed by atoms with Gasteiger partial charge in [-0.3, -0.25) is 14.4 Å². The van der Waals surface area contributed by atoms with Gasteiger partial charge in [0.2, 0.25) is 5.91 Å². The monoisotopic (exact) mass is 650 g/mol. The molecule has 1 aromatic heterocycles. The van der Waals surface area contributed by atoms with Gasteiger partial charge in [-0.05, 0) is 72.1 Å². The summed E-state index contributed by atoms with van der Waals surface area (Å²) in [5.41, 5.74) is 4.85. The van der Waals surface area contributed by atoms with E-state index >= 15 is 0 Å². The van der Waals surface area contributed by atoms with Crippen molar-refractivity contribution in [1.82, 2.24) is 20.6 Å². The van der Waals surface area contributed by atoms with E-state index in [9.17, 15) is 19.5 Å². The molecular formula is C39H46N4O5. The summed E-state index contributed by atoms with van der Waals surface area (Å²) in [6.45, 7) is 12.8. The van der Waals surface area contributed by atoms with Crippen LogP contribution in [0.2, 0.25) is 0 Å². The van der Waals surface area contributed by atoms with Gasteiger partial charge in [-0.15, -0.1) is 0 Å². The Balaban J connectivity index is 1.42. The number of benzene rings is 3. The molecule has 0 unspecified atom stereocenters. The normalized spacial score (nSPS) is 12.6. The minimum absolute atomic E-state index is 0.0713. The highest BCUT2D eigenvalue weighted by atomic mass is 16.5. The number of nitrogens with one attached hydrogen (secondary N) is 2.